The molecule has 0 atom stereocenters. The Balaban J connectivity index is 2.11. The van der Waals surface area contributed by atoms with E-state index in [9.17, 15) is 9.59 Å². The number of esters is 1. The molecule has 0 amide bonds. The predicted octanol–water partition coefficient (Wildman–Crippen LogP) is 2.87. The molecule has 0 unspecified atom stereocenters. The quantitative estimate of drug-likeness (QED) is 0.558. The molecule has 7 heteroatoms. The highest BCUT2D eigenvalue weighted by atomic mass is 32.1. The zero-order chi connectivity index (χ0) is 17.3. The fourth-order valence-electron chi connectivity index (χ4n) is 2.32. The number of nitrogen functional groups attached to an aromatic ring is 2. The highest BCUT2D eigenvalue weighted by molar-refractivity contribution is 7.21. The first-order valence-corrected chi connectivity index (χ1v) is 8.10. The molecule has 0 spiro atoms. The Labute approximate surface area is 142 Å². The van der Waals surface area contributed by atoms with Crippen LogP contribution in [0.4, 0.5) is 11.5 Å². The van der Waals surface area contributed by atoms with E-state index in [4.69, 9.17) is 16.2 Å². The van der Waals surface area contributed by atoms with Crippen LogP contribution >= 0.6 is 11.3 Å². The van der Waals surface area contributed by atoms with Crippen LogP contribution in [0.3, 0.4) is 0 Å². The molecule has 3 aromatic rings. The van der Waals surface area contributed by atoms with Crippen LogP contribution in [0.2, 0.25) is 0 Å². The topological polar surface area (TPSA) is 108 Å². The van der Waals surface area contributed by atoms with Gasteiger partial charge in [-0.1, -0.05) is 30.3 Å². The lowest BCUT2D eigenvalue weighted by Gasteiger charge is -2.04. The Bertz CT molecular complexity index is 935. The summed E-state index contributed by atoms with van der Waals surface area (Å²) in [6.07, 6.45) is 0. The van der Waals surface area contributed by atoms with Gasteiger partial charge < -0.3 is 16.2 Å². The summed E-state index contributed by atoms with van der Waals surface area (Å²) in [6, 6.07) is 10.4. The number of fused-ring (bicyclic) bond motifs is 1. The zero-order valence-corrected chi connectivity index (χ0v) is 13.7. The summed E-state index contributed by atoms with van der Waals surface area (Å²) in [5.74, 6) is -0.695. The minimum Gasteiger partial charge on any atom is -0.462 e. The van der Waals surface area contributed by atoms with Gasteiger partial charge in [0.05, 0.1) is 12.3 Å². The number of rotatable bonds is 4. The number of pyridine rings is 1. The van der Waals surface area contributed by atoms with Gasteiger partial charge in [-0.2, -0.15) is 0 Å². The van der Waals surface area contributed by atoms with E-state index in [1.165, 1.54) is 6.07 Å². The highest BCUT2D eigenvalue weighted by Crippen LogP contribution is 2.35. The van der Waals surface area contributed by atoms with Crippen molar-refractivity contribution in [3.8, 4) is 0 Å². The first kappa shape index (κ1) is 15.9. The van der Waals surface area contributed by atoms with E-state index < -0.39 is 5.97 Å². The molecule has 4 N–H and O–H groups in total. The van der Waals surface area contributed by atoms with Crippen molar-refractivity contribution in [3.05, 3.63) is 52.4 Å². The van der Waals surface area contributed by atoms with E-state index in [0.717, 1.165) is 11.3 Å². The van der Waals surface area contributed by atoms with E-state index in [-0.39, 0.29) is 23.8 Å². The number of anilines is 2. The van der Waals surface area contributed by atoms with Gasteiger partial charge in [-0.15, -0.1) is 11.3 Å². The van der Waals surface area contributed by atoms with Gasteiger partial charge in [-0.05, 0) is 13.0 Å². The number of nitrogens with two attached hydrogens (primary N) is 2. The van der Waals surface area contributed by atoms with E-state index in [1.54, 1.807) is 31.2 Å². The number of aromatic nitrogens is 1. The van der Waals surface area contributed by atoms with Gasteiger partial charge in [0.1, 0.15) is 21.1 Å². The number of hydrogen-bond donors (Lipinski definition) is 2. The second kappa shape index (κ2) is 6.29. The van der Waals surface area contributed by atoms with Crippen molar-refractivity contribution in [1.82, 2.24) is 4.98 Å². The second-order valence-electron chi connectivity index (χ2n) is 5.03. The van der Waals surface area contributed by atoms with Crippen LogP contribution in [0, 0.1) is 0 Å². The lowest BCUT2D eigenvalue weighted by Crippen LogP contribution is -2.09. The van der Waals surface area contributed by atoms with Crippen molar-refractivity contribution in [1.29, 1.82) is 0 Å². The summed E-state index contributed by atoms with van der Waals surface area (Å²) in [6.45, 7) is 1.93. The maximum atomic E-state index is 12.6. The fraction of sp³-hybridized carbons (Fsp3) is 0.118. The van der Waals surface area contributed by atoms with Crippen molar-refractivity contribution >= 4 is 44.8 Å². The number of ketones is 1. The Hall–Kier alpha value is -2.93. The molecule has 0 saturated carbocycles. The lowest BCUT2D eigenvalue weighted by molar-refractivity contribution is 0.0527. The van der Waals surface area contributed by atoms with E-state index in [0.29, 0.717) is 26.3 Å². The van der Waals surface area contributed by atoms with Crippen molar-refractivity contribution in [2.24, 2.45) is 0 Å². The molecule has 0 bridgehead atoms. The molecule has 0 fully saturated rings. The Morgan fingerprint density at radius 1 is 1.21 bits per heavy atom. The van der Waals surface area contributed by atoms with Gasteiger partial charge in [0.25, 0.3) is 0 Å². The maximum Gasteiger partial charge on any atom is 0.341 e. The summed E-state index contributed by atoms with van der Waals surface area (Å²) < 4.78 is 4.96. The van der Waals surface area contributed by atoms with Crippen LogP contribution in [0.25, 0.3) is 10.2 Å². The highest BCUT2D eigenvalue weighted by Gasteiger charge is 2.21. The number of thiophene rings is 1. The molecule has 0 aliphatic heterocycles. The largest absolute Gasteiger partial charge is 0.462 e. The normalized spacial score (nSPS) is 10.7. The Morgan fingerprint density at radius 3 is 2.58 bits per heavy atom. The third-order valence-electron chi connectivity index (χ3n) is 3.49. The average Bonchev–Trinajstić information content (AvgIpc) is 2.90. The number of ether oxygens (including phenoxy) is 1. The number of carbonyl (C=O) groups is 2. The third-order valence-corrected chi connectivity index (χ3v) is 4.60. The molecule has 2 aromatic heterocycles. The molecule has 3 rings (SSSR count). The maximum absolute atomic E-state index is 12.6. The molecule has 0 aliphatic rings. The zero-order valence-electron chi connectivity index (χ0n) is 12.9. The summed E-state index contributed by atoms with van der Waals surface area (Å²) in [4.78, 5) is 29.6. The fourth-order valence-corrected chi connectivity index (χ4v) is 3.36. The van der Waals surface area contributed by atoms with Crippen molar-refractivity contribution in [2.75, 3.05) is 18.1 Å². The van der Waals surface area contributed by atoms with Gasteiger partial charge in [0.15, 0.2) is 0 Å². The molecule has 0 radical (unpaired) electrons. The number of nitrogens with zero attached hydrogens (tertiary/aromatic N) is 1. The predicted molar refractivity (Wildman–Crippen MR) is 94.3 cm³/mol. The molecule has 0 saturated heterocycles. The molecule has 2 heterocycles. The van der Waals surface area contributed by atoms with Gasteiger partial charge in [-0.25, -0.2) is 9.78 Å². The van der Waals surface area contributed by atoms with Gasteiger partial charge in [0, 0.05) is 10.9 Å². The molecular formula is C17H15N3O3S. The average molecular weight is 341 g/mol. The van der Waals surface area contributed by atoms with Crippen LogP contribution in [-0.4, -0.2) is 23.3 Å². The number of benzene rings is 1. The summed E-state index contributed by atoms with van der Waals surface area (Å²) in [5, 5.41) is 0.525. The van der Waals surface area contributed by atoms with Gasteiger partial charge >= 0.3 is 5.97 Å². The monoisotopic (exact) mass is 341 g/mol. The van der Waals surface area contributed by atoms with Crippen LogP contribution in [0.1, 0.15) is 32.5 Å². The first-order chi connectivity index (χ1) is 11.5. The molecule has 0 aliphatic carbocycles. The standard InChI is InChI=1S/C17H15N3O3S/c1-2-23-17(22)11-8-10-12(18)14(24-16(10)20-15(11)19)13(21)9-6-4-3-5-7-9/h3-8H,2,18H2,1H3,(H2,19,20). The van der Waals surface area contributed by atoms with Crippen molar-refractivity contribution < 1.29 is 14.3 Å². The Morgan fingerprint density at radius 2 is 1.92 bits per heavy atom. The van der Waals surface area contributed by atoms with Crippen molar-refractivity contribution in [2.45, 2.75) is 6.92 Å². The second-order valence-corrected chi connectivity index (χ2v) is 6.03. The van der Waals surface area contributed by atoms with Crippen LogP contribution in [0.15, 0.2) is 36.4 Å². The lowest BCUT2D eigenvalue weighted by atomic mass is 10.1. The molecule has 122 valence electrons. The SMILES string of the molecule is CCOC(=O)c1cc2c(N)c(C(=O)c3ccccc3)sc2nc1N. The summed E-state index contributed by atoms with van der Waals surface area (Å²) >= 11 is 1.16. The molecular weight excluding hydrogens is 326 g/mol. The van der Waals surface area contributed by atoms with Gasteiger partial charge in [-0.3, -0.25) is 4.79 Å². The van der Waals surface area contributed by atoms with Gasteiger partial charge in [0.2, 0.25) is 5.78 Å². The molecule has 24 heavy (non-hydrogen) atoms. The van der Waals surface area contributed by atoms with Crippen LogP contribution in [-0.2, 0) is 4.74 Å². The minimum atomic E-state index is -0.564. The van der Waals surface area contributed by atoms with E-state index in [2.05, 4.69) is 4.98 Å². The molecule has 6 nitrogen and oxygen atoms in total. The third kappa shape index (κ3) is 2.69. The number of carbonyl (C=O) groups excluding carboxylic acids is 2. The minimum absolute atomic E-state index is 0.0564. The first-order valence-electron chi connectivity index (χ1n) is 7.28. The Kier molecular flexibility index (Phi) is 4.18. The summed E-state index contributed by atoms with van der Waals surface area (Å²) in [7, 11) is 0. The van der Waals surface area contributed by atoms with Crippen molar-refractivity contribution in [3.63, 3.8) is 0 Å². The van der Waals surface area contributed by atoms with E-state index >= 15 is 0 Å². The van der Waals surface area contributed by atoms with Crippen LogP contribution in [0.5, 0.6) is 0 Å². The number of hydrogen-bond acceptors (Lipinski definition) is 7. The van der Waals surface area contributed by atoms with Crippen LogP contribution < -0.4 is 11.5 Å². The smallest absolute Gasteiger partial charge is 0.341 e. The summed E-state index contributed by atoms with van der Waals surface area (Å²) in [5.41, 5.74) is 12.9. The van der Waals surface area contributed by atoms with E-state index in [1.807, 2.05) is 6.07 Å². The molecule has 1 aromatic carbocycles.